The van der Waals surface area contributed by atoms with Crippen molar-refractivity contribution in [2.45, 2.75) is 26.3 Å². The predicted octanol–water partition coefficient (Wildman–Crippen LogP) is 0.119. The van der Waals surface area contributed by atoms with Gasteiger partial charge in [0.15, 0.2) is 0 Å². The van der Waals surface area contributed by atoms with E-state index in [4.69, 9.17) is 10.2 Å². The molecule has 0 heterocycles. The van der Waals surface area contributed by atoms with Crippen molar-refractivity contribution in [2.24, 2.45) is 5.92 Å². The highest BCUT2D eigenvalue weighted by molar-refractivity contribution is 5.82. The first-order valence-corrected chi connectivity index (χ1v) is 5.23. The number of nitrogens with one attached hydrogen (secondary N) is 1. The summed E-state index contributed by atoms with van der Waals surface area (Å²) in [5.41, 5.74) is 0. The molecule has 0 fully saturated rings. The van der Waals surface area contributed by atoms with Gasteiger partial charge in [-0.05, 0) is 5.92 Å². The number of carboxylic acid groups (broad SMARTS) is 1. The van der Waals surface area contributed by atoms with Crippen LogP contribution in [0.1, 0.15) is 20.3 Å². The van der Waals surface area contributed by atoms with Crippen LogP contribution in [0.25, 0.3) is 0 Å². The zero-order chi connectivity index (χ0) is 12.7. The minimum atomic E-state index is -1.14. The van der Waals surface area contributed by atoms with Crippen molar-refractivity contribution in [3.05, 3.63) is 0 Å². The molecule has 0 radical (unpaired) electrons. The van der Waals surface area contributed by atoms with Crippen molar-refractivity contribution >= 4 is 12.0 Å². The molecule has 1 unspecified atom stereocenters. The zero-order valence-corrected chi connectivity index (χ0v) is 9.93. The lowest BCUT2D eigenvalue weighted by Crippen LogP contribution is -2.47. The van der Waals surface area contributed by atoms with Gasteiger partial charge in [-0.3, -0.25) is 0 Å². The van der Waals surface area contributed by atoms with Crippen LogP contribution in [0.3, 0.4) is 0 Å². The Labute approximate surface area is 95.2 Å². The normalized spacial score (nSPS) is 12.3. The Kier molecular flexibility index (Phi) is 6.48. The number of amides is 2. The van der Waals surface area contributed by atoms with E-state index < -0.39 is 18.0 Å². The van der Waals surface area contributed by atoms with E-state index in [2.05, 4.69) is 5.32 Å². The third-order valence-electron chi connectivity index (χ3n) is 2.00. The van der Waals surface area contributed by atoms with E-state index in [0.29, 0.717) is 12.5 Å². The van der Waals surface area contributed by atoms with Crippen LogP contribution in [0, 0.1) is 5.92 Å². The molecule has 16 heavy (non-hydrogen) atoms. The van der Waals surface area contributed by atoms with Crippen LogP contribution in [0.5, 0.6) is 0 Å². The number of aliphatic carboxylic acids is 1. The number of rotatable bonds is 6. The van der Waals surface area contributed by atoms with Gasteiger partial charge in [-0.2, -0.15) is 0 Å². The van der Waals surface area contributed by atoms with E-state index in [1.54, 1.807) is 7.05 Å². The molecule has 6 nitrogen and oxygen atoms in total. The van der Waals surface area contributed by atoms with Crippen LogP contribution >= 0.6 is 0 Å². The third kappa shape index (κ3) is 5.55. The Bertz CT molecular complexity index is 243. The van der Waals surface area contributed by atoms with E-state index in [0.717, 1.165) is 0 Å². The van der Waals surface area contributed by atoms with Crippen LogP contribution in [-0.4, -0.2) is 53.4 Å². The fourth-order valence-electron chi connectivity index (χ4n) is 1.28. The lowest BCUT2D eigenvalue weighted by Gasteiger charge is -2.22. The highest BCUT2D eigenvalue weighted by Crippen LogP contribution is 1.98. The number of aliphatic hydroxyl groups is 1. The summed E-state index contributed by atoms with van der Waals surface area (Å²) in [6.45, 7) is 4.21. The molecule has 0 aliphatic carbocycles. The molecule has 0 aliphatic rings. The van der Waals surface area contributed by atoms with Gasteiger partial charge in [0, 0.05) is 26.6 Å². The Hall–Kier alpha value is -1.30. The second kappa shape index (κ2) is 7.05. The lowest BCUT2D eigenvalue weighted by atomic mass is 10.2. The summed E-state index contributed by atoms with van der Waals surface area (Å²) in [6, 6.07) is -1.47. The third-order valence-corrected chi connectivity index (χ3v) is 2.00. The van der Waals surface area contributed by atoms with Gasteiger partial charge in [-0.15, -0.1) is 0 Å². The molecule has 0 spiro atoms. The van der Waals surface area contributed by atoms with Crippen LogP contribution in [0.15, 0.2) is 0 Å². The van der Waals surface area contributed by atoms with Gasteiger partial charge >= 0.3 is 12.0 Å². The molecule has 1 atom stereocenters. The topological polar surface area (TPSA) is 89.9 Å². The predicted molar refractivity (Wildman–Crippen MR) is 59.1 cm³/mol. The van der Waals surface area contributed by atoms with E-state index in [-0.39, 0.29) is 13.0 Å². The largest absolute Gasteiger partial charge is 0.480 e. The van der Waals surface area contributed by atoms with Gasteiger partial charge in [0.25, 0.3) is 0 Å². The number of carboxylic acids is 1. The minimum Gasteiger partial charge on any atom is -0.480 e. The molecule has 0 bridgehead atoms. The summed E-state index contributed by atoms with van der Waals surface area (Å²) >= 11 is 0. The van der Waals surface area contributed by atoms with Crippen LogP contribution in [0.4, 0.5) is 4.79 Å². The Morgan fingerprint density at radius 1 is 1.38 bits per heavy atom. The van der Waals surface area contributed by atoms with Gasteiger partial charge in [0.2, 0.25) is 0 Å². The van der Waals surface area contributed by atoms with Gasteiger partial charge < -0.3 is 20.4 Å². The Balaban J connectivity index is 4.23. The molecule has 0 rings (SSSR count). The number of carbonyl (C=O) groups is 2. The molecular weight excluding hydrogens is 212 g/mol. The SMILES string of the molecule is CC(C)CN(C)C(=O)NC(CCO)C(=O)O. The minimum absolute atomic E-state index is 0.0105. The zero-order valence-electron chi connectivity index (χ0n) is 9.93. The highest BCUT2D eigenvalue weighted by atomic mass is 16.4. The fourth-order valence-corrected chi connectivity index (χ4v) is 1.28. The van der Waals surface area contributed by atoms with Crippen molar-refractivity contribution in [2.75, 3.05) is 20.2 Å². The maximum Gasteiger partial charge on any atom is 0.326 e. The van der Waals surface area contributed by atoms with Crippen LogP contribution < -0.4 is 5.32 Å². The lowest BCUT2D eigenvalue weighted by molar-refractivity contribution is -0.139. The second-order valence-electron chi connectivity index (χ2n) is 4.13. The molecule has 0 aromatic carbocycles. The first-order chi connectivity index (χ1) is 7.38. The van der Waals surface area contributed by atoms with Crippen molar-refractivity contribution in [1.82, 2.24) is 10.2 Å². The maximum atomic E-state index is 11.5. The van der Waals surface area contributed by atoms with E-state index in [1.165, 1.54) is 4.90 Å². The quantitative estimate of drug-likeness (QED) is 0.606. The van der Waals surface area contributed by atoms with E-state index in [9.17, 15) is 9.59 Å². The number of hydrogen-bond donors (Lipinski definition) is 3. The molecule has 6 heteroatoms. The number of carbonyl (C=O) groups excluding carboxylic acids is 1. The fraction of sp³-hybridized carbons (Fsp3) is 0.800. The Morgan fingerprint density at radius 3 is 2.31 bits per heavy atom. The number of hydrogen-bond acceptors (Lipinski definition) is 3. The van der Waals surface area contributed by atoms with Crippen LogP contribution in [-0.2, 0) is 4.79 Å². The first kappa shape index (κ1) is 14.7. The second-order valence-corrected chi connectivity index (χ2v) is 4.13. The Morgan fingerprint density at radius 2 is 1.94 bits per heavy atom. The van der Waals surface area contributed by atoms with Crippen LogP contribution in [0.2, 0.25) is 0 Å². The summed E-state index contributed by atoms with van der Waals surface area (Å²) in [5, 5.41) is 19.8. The molecule has 94 valence electrons. The van der Waals surface area contributed by atoms with Crippen molar-refractivity contribution < 1.29 is 19.8 Å². The molecule has 0 aromatic rings. The summed E-state index contributed by atoms with van der Waals surface area (Å²) in [6.07, 6.45) is 0.0105. The molecule has 0 saturated heterocycles. The van der Waals surface area contributed by atoms with Crippen molar-refractivity contribution in [1.29, 1.82) is 0 Å². The number of aliphatic hydroxyl groups excluding tert-OH is 1. The van der Waals surface area contributed by atoms with Crippen molar-refractivity contribution in [3.8, 4) is 0 Å². The average molecular weight is 232 g/mol. The van der Waals surface area contributed by atoms with Gasteiger partial charge in [0.05, 0.1) is 0 Å². The standard InChI is InChI=1S/C10H20N2O4/c1-7(2)6-12(3)10(16)11-8(4-5-13)9(14)15/h7-8,13H,4-6H2,1-3H3,(H,11,16)(H,14,15). The molecular formula is C10H20N2O4. The highest BCUT2D eigenvalue weighted by Gasteiger charge is 2.21. The smallest absolute Gasteiger partial charge is 0.326 e. The number of nitrogens with zero attached hydrogens (tertiary/aromatic N) is 1. The molecule has 3 N–H and O–H groups in total. The molecule has 2 amide bonds. The monoisotopic (exact) mass is 232 g/mol. The van der Waals surface area contributed by atoms with Gasteiger partial charge in [-0.25, -0.2) is 9.59 Å². The number of urea groups is 1. The molecule has 0 aromatic heterocycles. The van der Waals surface area contributed by atoms with Gasteiger partial charge in [-0.1, -0.05) is 13.8 Å². The van der Waals surface area contributed by atoms with Gasteiger partial charge in [0.1, 0.15) is 6.04 Å². The summed E-state index contributed by atoms with van der Waals surface area (Å²) < 4.78 is 0. The van der Waals surface area contributed by atoms with E-state index in [1.807, 2.05) is 13.8 Å². The molecule has 0 aliphatic heterocycles. The summed E-state index contributed by atoms with van der Waals surface area (Å²) in [7, 11) is 1.60. The van der Waals surface area contributed by atoms with E-state index >= 15 is 0 Å². The first-order valence-electron chi connectivity index (χ1n) is 5.23. The molecule has 0 saturated carbocycles. The average Bonchev–Trinajstić information content (AvgIpc) is 2.15. The maximum absolute atomic E-state index is 11.5. The van der Waals surface area contributed by atoms with Crippen molar-refractivity contribution in [3.63, 3.8) is 0 Å². The summed E-state index contributed by atoms with van der Waals surface area (Å²) in [5.74, 6) is -0.822. The summed E-state index contributed by atoms with van der Waals surface area (Å²) in [4.78, 5) is 23.7.